The fraction of sp³-hybridized carbons (Fsp3) is 0.500. The zero-order valence-electron chi connectivity index (χ0n) is 15.8. The monoisotopic (exact) mass is 357 g/mol. The molecule has 2 heterocycles. The summed E-state index contributed by atoms with van der Waals surface area (Å²) in [6, 6.07) is 5.97. The molecule has 1 saturated heterocycles. The molecule has 0 unspecified atom stereocenters. The third kappa shape index (κ3) is 3.75. The molecule has 26 heavy (non-hydrogen) atoms. The Kier molecular flexibility index (Phi) is 5.61. The Morgan fingerprint density at radius 1 is 1.15 bits per heavy atom. The van der Waals surface area contributed by atoms with Crippen molar-refractivity contribution < 1.29 is 14.0 Å². The van der Waals surface area contributed by atoms with Crippen LogP contribution in [0.1, 0.15) is 35.0 Å². The topological polar surface area (TPSA) is 65.8 Å². The van der Waals surface area contributed by atoms with Crippen molar-refractivity contribution in [2.45, 2.75) is 27.2 Å². The highest BCUT2D eigenvalue weighted by Crippen LogP contribution is 2.28. The molecule has 2 aromatic rings. The lowest BCUT2D eigenvalue weighted by molar-refractivity contribution is -0.122. The number of likely N-dealkylation sites (N-methyl/N-ethyl adjacent to an activating group) is 1. The first-order chi connectivity index (χ1) is 12.5. The van der Waals surface area contributed by atoms with E-state index in [4.69, 9.17) is 4.42 Å². The van der Waals surface area contributed by atoms with Gasteiger partial charge >= 0.3 is 0 Å². The molecule has 0 saturated carbocycles. The molecule has 6 heteroatoms. The van der Waals surface area contributed by atoms with Crippen LogP contribution in [0.5, 0.6) is 0 Å². The van der Waals surface area contributed by atoms with E-state index < -0.39 is 0 Å². The number of rotatable bonds is 4. The summed E-state index contributed by atoms with van der Waals surface area (Å²) in [6.45, 7) is 9.68. The lowest BCUT2D eigenvalue weighted by atomic mass is 10.1. The summed E-state index contributed by atoms with van der Waals surface area (Å²) in [4.78, 5) is 28.8. The van der Waals surface area contributed by atoms with Crippen molar-refractivity contribution >= 4 is 22.8 Å². The fourth-order valence-electron chi connectivity index (χ4n) is 3.52. The highest BCUT2D eigenvalue weighted by Gasteiger charge is 2.26. The number of nitrogens with one attached hydrogen (secondary N) is 1. The molecule has 140 valence electrons. The Balaban J connectivity index is 1.72. The molecule has 0 radical (unpaired) electrons. The van der Waals surface area contributed by atoms with Crippen molar-refractivity contribution in [1.29, 1.82) is 0 Å². The van der Waals surface area contributed by atoms with Crippen LogP contribution < -0.4 is 5.32 Å². The van der Waals surface area contributed by atoms with Crippen LogP contribution in [0.3, 0.4) is 0 Å². The van der Waals surface area contributed by atoms with E-state index in [1.165, 1.54) is 0 Å². The SMILES string of the molecule is CCNC(=O)CN1CCCN(C(=O)c2oc3c(C)cccc3c2C)CC1. The number of para-hydroxylation sites is 1. The summed E-state index contributed by atoms with van der Waals surface area (Å²) in [5, 5.41) is 3.83. The van der Waals surface area contributed by atoms with Gasteiger partial charge in [0, 0.05) is 43.7 Å². The van der Waals surface area contributed by atoms with E-state index in [9.17, 15) is 9.59 Å². The van der Waals surface area contributed by atoms with E-state index in [0.717, 1.165) is 35.1 Å². The second-order valence-electron chi connectivity index (χ2n) is 6.88. The van der Waals surface area contributed by atoms with Crippen LogP contribution in [0, 0.1) is 13.8 Å². The van der Waals surface area contributed by atoms with Crippen LogP contribution in [0.4, 0.5) is 0 Å². The first kappa shape index (κ1) is 18.5. The summed E-state index contributed by atoms with van der Waals surface area (Å²) >= 11 is 0. The van der Waals surface area contributed by atoms with Gasteiger partial charge < -0.3 is 14.6 Å². The molecule has 1 aromatic carbocycles. The average molecular weight is 357 g/mol. The molecule has 0 bridgehead atoms. The standard InChI is InChI=1S/C20H27N3O3/c1-4-21-17(24)13-22-9-6-10-23(12-11-22)20(25)19-15(3)16-8-5-7-14(2)18(16)26-19/h5,7-8H,4,6,9-13H2,1-3H3,(H,21,24). The second kappa shape index (κ2) is 7.91. The Labute approximate surface area is 154 Å². The molecular weight excluding hydrogens is 330 g/mol. The van der Waals surface area contributed by atoms with E-state index in [-0.39, 0.29) is 11.8 Å². The molecule has 0 spiro atoms. The molecule has 1 aliphatic rings. The number of carbonyl (C=O) groups is 2. The minimum absolute atomic E-state index is 0.0379. The number of furan rings is 1. The quantitative estimate of drug-likeness (QED) is 0.912. The zero-order chi connectivity index (χ0) is 18.7. The molecule has 6 nitrogen and oxygen atoms in total. The normalized spacial score (nSPS) is 15.9. The van der Waals surface area contributed by atoms with Gasteiger partial charge in [0.1, 0.15) is 5.58 Å². The maximum Gasteiger partial charge on any atom is 0.289 e. The van der Waals surface area contributed by atoms with Crippen LogP contribution in [-0.4, -0.2) is 60.9 Å². The Bertz CT molecular complexity index is 812. The van der Waals surface area contributed by atoms with Crippen molar-refractivity contribution in [2.24, 2.45) is 0 Å². The average Bonchev–Trinajstić information content (AvgIpc) is 2.79. The molecule has 0 aliphatic carbocycles. The third-order valence-corrected chi connectivity index (χ3v) is 4.97. The largest absolute Gasteiger partial charge is 0.450 e. The number of hydrogen-bond acceptors (Lipinski definition) is 4. The van der Waals surface area contributed by atoms with Crippen LogP contribution >= 0.6 is 0 Å². The maximum absolute atomic E-state index is 13.0. The molecule has 1 fully saturated rings. The highest BCUT2D eigenvalue weighted by molar-refractivity contribution is 5.99. The number of carbonyl (C=O) groups excluding carboxylic acids is 2. The van der Waals surface area contributed by atoms with Crippen molar-refractivity contribution in [1.82, 2.24) is 15.1 Å². The van der Waals surface area contributed by atoms with Gasteiger partial charge in [-0.25, -0.2) is 0 Å². The highest BCUT2D eigenvalue weighted by atomic mass is 16.3. The van der Waals surface area contributed by atoms with E-state index in [0.29, 0.717) is 38.5 Å². The van der Waals surface area contributed by atoms with E-state index >= 15 is 0 Å². The lowest BCUT2D eigenvalue weighted by Crippen LogP contribution is -2.40. The summed E-state index contributed by atoms with van der Waals surface area (Å²) in [6.07, 6.45) is 0.851. The summed E-state index contributed by atoms with van der Waals surface area (Å²) in [5.74, 6) is 0.417. The molecule has 2 amide bonds. The number of hydrogen-bond donors (Lipinski definition) is 1. The summed E-state index contributed by atoms with van der Waals surface area (Å²) < 4.78 is 5.94. The molecule has 1 N–H and O–H groups in total. The number of nitrogens with zero attached hydrogens (tertiary/aromatic N) is 2. The van der Waals surface area contributed by atoms with Crippen molar-refractivity contribution in [3.63, 3.8) is 0 Å². The predicted octanol–water partition coefficient (Wildman–Crippen LogP) is 2.33. The number of aryl methyl sites for hydroxylation is 2. The van der Waals surface area contributed by atoms with Gasteiger partial charge in [0.25, 0.3) is 5.91 Å². The Hall–Kier alpha value is -2.34. The van der Waals surface area contributed by atoms with Gasteiger partial charge in [-0.3, -0.25) is 14.5 Å². The van der Waals surface area contributed by atoms with Crippen molar-refractivity contribution in [3.05, 3.63) is 35.1 Å². The summed E-state index contributed by atoms with van der Waals surface area (Å²) in [5.41, 5.74) is 2.73. The summed E-state index contributed by atoms with van der Waals surface area (Å²) in [7, 11) is 0. The predicted molar refractivity (Wildman–Crippen MR) is 101 cm³/mol. The van der Waals surface area contributed by atoms with Gasteiger partial charge in [-0.2, -0.15) is 0 Å². The first-order valence-electron chi connectivity index (χ1n) is 9.28. The van der Waals surface area contributed by atoms with Crippen LogP contribution in [0.25, 0.3) is 11.0 Å². The Morgan fingerprint density at radius 3 is 2.69 bits per heavy atom. The molecule has 0 atom stereocenters. The zero-order valence-corrected chi connectivity index (χ0v) is 15.8. The van der Waals surface area contributed by atoms with Crippen LogP contribution in [0.15, 0.2) is 22.6 Å². The van der Waals surface area contributed by atoms with E-state index in [1.807, 2.05) is 43.9 Å². The minimum Gasteiger partial charge on any atom is -0.450 e. The van der Waals surface area contributed by atoms with E-state index in [2.05, 4.69) is 10.2 Å². The molecule has 1 aliphatic heterocycles. The second-order valence-corrected chi connectivity index (χ2v) is 6.88. The van der Waals surface area contributed by atoms with Gasteiger partial charge in [-0.15, -0.1) is 0 Å². The number of fused-ring (bicyclic) bond motifs is 1. The maximum atomic E-state index is 13.0. The van der Waals surface area contributed by atoms with Gasteiger partial charge in [0.2, 0.25) is 5.91 Å². The van der Waals surface area contributed by atoms with Crippen molar-refractivity contribution in [3.8, 4) is 0 Å². The Morgan fingerprint density at radius 2 is 1.96 bits per heavy atom. The number of benzene rings is 1. The van der Waals surface area contributed by atoms with Gasteiger partial charge in [0.15, 0.2) is 5.76 Å². The lowest BCUT2D eigenvalue weighted by Gasteiger charge is -2.21. The smallest absolute Gasteiger partial charge is 0.289 e. The third-order valence-electron chi connectivity index (χ3n) is 4.97. The van der Waals surface area contributed by atoms with Crippen LogP contribution in [0.2, 0.25) is 0 Å². The minimum atomic E-state index is -0.0574. The fourth-order valence-corrected chi connectivity index (χ4v) is 3.52. The molecule has 1 aromatic heterocycles. The van der Waals surface area contributed by atoms with Crippen LogP contribution in [-0.2, 0) is 4.79 Å². The number of amides is 2. The van der Waals surface area contributed by atoms with E-state index in [1.54, 1.807) is 0 Å². The van der Waals surface area contributed by atoms with Gasteiger partial charge in [-0.1, -0.05) is 18.2 Å². The first-order valence-corrected chi connectivity index (χ1v) is 9.28. The van der Waals surface area contributed by atoms with Crippen molar-refractivity contribution in [2.75, 3.05) is 39.3 Å². The van der Waals surface area contributed by atoms with Gasteiger partial charge in [-0.05, 0) is 32.8 Å². The molecule has 3 rings (SSSR count). The molecular formula is C20H27N3O3. The van der Waals surface area contributed by atoms with Gasteiger partial charge in [0.05, 0.1) is 6.54 Å².